The lowest BCUT2D eigenvalue weighted by Crippen LogP contribution is -2.35. The maximum absolute atomic E-state index is 12.4. The molecule has 2 rings (SSSR count). The molecule has 2 unspecified atom stereocenters. The van der Waals surface area contributed by atoms with E-state index in [1.165, 1.54) is 0 Å². The average Bonchev–Trinajstić information content (AvgIpc) is 2.71. The molecule has 1 aromatic heterocycles. The molecular formula is C14H22F3N3O. The Morgan fingerprint density at radius 1 is 1.24 bits per heavy atom. The number of aromatic nitrogens is 2. The van der Waals surface area contributed by atoms with Crippen molar-refractivity contribution in [2.24, 2.45) is 0 Å². The van der Waals surface area contributed by atoms with Gasteiger partial charge in [0.2, 0.25) is 5.89 Å². The molecule has 1 aliphatic rings. The zero-order valence-electron chi connectivity index (χ0n) is 12.2. The molecular weight excluding hydrogens is 283 g/mol. The number of hydrogen-bond donors (Lipinski definition) is 1. The number of alkyl halides is 3. The fraction of sp³-hybridized carbons (Fsp3) is 0.857. The van der Waals surface area contributed by atoms with Crippen LogP contribution in [0.2, 0.25) is 0 Å². The van der Waals surface area contributed by atoms with Gasteiger partial charge >= 0.3 is 6.18 Å². The van der Waals surface area contributed by atoms with Crippen LogP contribution in [-0.2, 0) is 6.42 Å². The summed E-state index contributed by atoms with van der Waals surface area (Å²) in [6.07, 6.45) is 0.793. The molecule has 0 amide bonds. The quantitative estimate of drug-likeness (QED) is 0.845. The van der Waals surface area contributed by atoms with Crippen LogP contribution in [0, 0.1) is 0 Å². The van der Waals surface area contributed by atoms with Crippen LogP contribution in [-0.4, -0.2) is 28.9 Å². The molecule has 4 nitrogen and oxygen atoms in total. The van der Waals surface area contributed by atoms with Crippen molar-refractivity contribution in [2.75, 3.05) is 6.54 Å². The second-order valence-corrected chi connectivity index (χ2v) is 5.65. The third-order valence-corrected chi connectivity index (χ3v) is 3.83. The summed E-state index contributed by atoms with van der Waals surface area (Å²) in [4.78, 5) is 3.98. The molecule has 0 saturated heterocycles. The van der Waals surface area contributed by atoms with Crippen molar-refractivity contribution in [3.63, 3.8) is 0 Å². The van der Waals surface area contributed by atoms with Gasteiger partial charge in [-0.2, -0.15) is 18.2 Å². The Hall–Kier alpha value is -1.11. The fourth-order valence-electron chi connectivity index (χ4n) is 2.85. The van der Waals surface area contributed by atoms with Gasteiger partial charge in [-0.15, -0.1) is 0 Å². The smallest absolute Gasteiger partial charge is 0.339 e. The van der Waals surface area contributed by atoms with Gasteiger partial charge in [-0.25, -0.2) is 0 Å². The molecule has 7 heteroatoms. The molecule has 120 valence electrons. The standard InChI is InChI=1S/C14H22F3N3O/c1-2-8-18-11-7-5-3-4-6-10(11)13-19-12(20-21-13)9-14(15,16)17/h10-11,18H,2-9H2,1H3. The Bertz CT molecular complexity index is 433. The number of nitrogens with zero attached hydrogens (tertiary/aromatic N) is 2. The minimum atomic E-state index is -4.30. The molecule has 2 atom stereocenters. The maximum atomic E-state index is 12.4. The molecule has 1 aromatic rings. The van der Waals surface area contributed by atoms with Crippen LogP contribution >= 0.6 is 0 Å². The summed E-state index contributed by atoms with van der Waals surface area (Å²) in [7, 11) is 0. The third-order valence-electron chi connectivity index (χ3n) is 3.83. The first-order valence-electron chi connectivity index (χ1n) is 7.62. The second-order valence-electron chi connectivity index (χ2n) is 5.65. The van der Waals surface area contributed by atoms with Crippen LogP contribution in [0.3, 0.4) is 0 Å². The lowest BCUT2D eigenvalue weighted by Gasteiger charge is -2.23. The van der Waals surface area contributed by atoms with Gasteiger partial charge < -0.3 is 9.84 Å². The average molecular weight is 305 g/mol. The van der Waals surface area contributed by atoms with Crippen LogP contribution in [0.4, 0.5) is 13.2 Å². The maximum Gasteiger partial charge on any atom is 0.396 e. The first-order chi connectivity index (χ1) is 9.99. The van der Waals surface area contributed by atoms with Gasteiger partial charge in [0.15, 0.2) is 5.82 Å². The van der Waals surface area contributed by atoms with Crippen LogP contribution < -0.4 is 5.32 Å². The molecule has 1 aliphatic carbocycles. The number of hydrogen-bond acceptors (Lipinski definition) is 4. The Morgan fingerprint density at radius 3 is 2.71 bits per heavy atom. The molecule has 0 radical (unpaired) electrons. The summed E-state index contributed by atoms with van der Waals surface area (Å²) in [6, 6.07) is 0.214. The van der Waals surface area contributed by atoms with Gasteiger partial charge in [0.05, 0.1) is 5.92 Å². The highest BCUT2D eigenvalue weighted by Crippen LogP contribution is 2.31. The molecule has 0 aromatic carbocycles. The van der Waals surface area contributed by atoms with Gasteiger partial charge in [-0.05, 0) is 25.8 Å². The number of nitrogens with one attached hydrogen (secondary N) is 1. The zero-order chi connectivity index (χ0) is 15.3. The Labute approximate surface area is 122 Å². The van der Waals surface area contributed by atoms with Gasteiger partial charge in [-0.1, -0.05) is 31.3 Å². The van der Waals surface area contributed by atoms with E-state index in [-0.39, 0.29) is 17.8 Å². The zero-order valence-corrected chi connectivity index (χ0v) is 12.2. The first kappa shape index (κ1) is 16.3. The molecule has 1 fully saturated rings. The van der Waals surface area contributed by atoms with E-state index in [0.29, 0.717) is 5.89 Å². The van der Waals surface area contributed by atoms with Crippen molar-refractivity contribution in [3.8, 4) is 0 Å². The molecule has 0 bridgehead atoms. The summed E-state index contributed by atoms with van der Waals surface area (Å²) in [6.45, 7) is 2.98. The van der Waals surface area contributed by atoms with Crippen LogP contribution in [0.5, 0.6) is 0 Å². The van der Waals surface area contributed by atoms with Crippen LogP contribution in [0.15, 0.2) is 4.52 Å². The van der Waals surface area contributed by atoms with Crippen molar-refractivity contribution in [3.05, 3.63) is 11.7 Å². The Balaban J connectivity index is 2.08. The van der Waals surface area contributed by atoms with Crippen molar-refractivity contribution in [1.82, 2.24) is 15.5 Å². The van der Waals surface area contributed by atoms with Crippen LogP contribution in [0.1, 0.15) is 63.1 Å². The summed E-state index contributed by atoms with van der Waals surface area (Å²) in [5, 5.41) is 6.96. The summed E-state index contributed by atoms with van der Waals surface area (Å²) < 4.78 is 42.2. The lowest BCUT2D eigenvalue weighted by molar-refractivity contribution is -0.128. The van der Waals surface area contributed by atoms with E-state index < -0.39 is 12.6 Å². The second kappa shape index (κ2) is 7.24. The number of halogens is 3. The van der Waals surface area contributed by atoms with E-state index in [2.05, 4.69) is 22.4 Å². The predicted octanol–water partition coefficient (Wildman–Crippen LogP) is 3.59. The van der Waals surface area contributed by atoms with E-state index in [1.807, 2.05) is 0 Å². The minimum Gasteiger partial charge on any atom is -0.339 e. The third kappa shape index (κ3) is 4.98. The van der Waals surface area contributed by atoms with Crippen molar-refractivity contribution in [2.45, 2.75) is 70.0 Å². The summed E-state index contributed by atoms with van der Waals surface area (Å²) >= 11 is 0. The highest BCUT2D eigenvalue weighted by molar-refractivity contribution is 5.01. The molecule has 1 saturated carbocycles. The normalized spacial score (nSPS) is 24.0. The van der Waals surface area contributed by atoms with Gasteiger partial charge in [-0.3, -0.25) is 0 Å². The largest absolute Gasteiger partial charge is 0.396 e. The predicted molar refractivity (Wildman–Crippen MR) is 72.0 cm³/mol. The van der Waals surface area contributed by atoms with Gasteiger partial charge in [0, 0.05) is 6.04 Å². The van der Waals surface area contributed by atoms with Crippen molar-refractivity contribution < 1.29 is 17.7 Å². The highest BCUT2D eigenvalue weighted by atomic mass is 19.4. The monoisotopic (exact) mass is 305 g/mol. The highest BCUT2D eigenvalue weighted by Gasteiger charge is 2.33. The topological polar surface area (TPSA) is 51.0 Å². The van der Waals surface area contributed by atoms with E-state index in [9.17, 15) is 13.2 Å². The molecule has 0 aliphatic heterocycles. The molecule has 1 heterocycles. The van der Waals surface area contributed by atoms with E-state index >= 15 is 0 Å². The van der Waals surface area contributed by atoms with E-state index in [4.69, 9.17) is 4.52 Å². The summed E-state index contributed by atoms with van der Waals surface area (Å²) in [5.74, 6) is 0.106. The van der Waals surface area contributed by atoms with Crippen LogP contribution in [0.25, 0.3) is 0 Å². The summed E-state index contributed by atoms with van der Waals surface area (Å²) in [5.41, 5.74) is 0. The Kier molecular flexibility index (Phi) is 5.61. The molecule has 21 heavy (non-hydrogen) atoms. The van der Waals surface area contributed by atoms with Gasteiger partial charge in [0.1, 0.15) is 6.42 Å². The van der Waals surface area contributed by atoms with E-state index in [1.54, 1.807) is 0 Å². The molecule has 0 spiro atoms. The SMILES string of the molecule is CCCNC1CCCCCC1c1nc(CC(F)(F)F)no1. The van der Waals surface area contributed by atoms with Crippen molar-refractivity contribution in [1.29, 1.82) is 0 Å². The Morgan fingerprint density at radius 2 is 2.00 bits per heavy atom. The lowest BCUT2D eigenvalue weighted by atomic mass is 9.94. The van der Waals surface area contributed by atoms with E-state index in [0.717, 1.165) is 45.1 Å². The number of rotatable bonds is 5. The van der Waals surface area contributed by atoms with Crippen molar-refractivity contribution >= 4 is 0 Å². The van der Waals surface area contributed by atoms with Gasteiger partial charge in [0.25, 0.3) is 0 Å². The molecule has 1 N–H and O–H groups in total. The first-order valence-corrected chi connectivity index (χ1v) is 7.62. The minimum absolute atomic E-state index is 0.0218. The fourth-order valence-corrected chi connectivity index (χ4v) is 2.85.